The Kier molecular flexibility index (Phi) is 4.80. The first-order chi connectivity index (χ1) is 13.5. The lowest BCUT2D eigenvalue weighted by atomic mass is 10.0. The average molecular weight is 446 g/mol. The minimum Gasteiger partial charge on any atom is -0.427 e. The molecule has 0 unspecified atom stereocenters. The van der Waals surface area contributed by atoms with E-state index < -0.39 is 23.1 Å². The molecule has 1 aliphatic rings. The van der Waals surface area contributed by atoms with Gasteiger partial charge in [-0.05, 0) is 49.1 Å². The number of aromatic nitrogens is 2. The molecule has 0 spiro atoms. The van der Waals surface area contributed by atoms with Crippen LogP contribution in [0.15, 0.2) is 52.1 Å². The fraction of sp³-hybridized carbons (Fsp3) is 0.150. The minimum atomic E-state index is -1.13. The predicted octanol–water partition coefficient (Wildman–Crippen LogP) is 4.06. The van der Waals surface area contributed by atoms with Gasteiger partial charge in [-0.3, -0.25) is 9.78 Å². The summed E-state index contributed by atoms with van der Waals surface area (Å²) in [4.78, 5) is 20.3. The Morgan fingerprint density at radius 3 is 2.68 bits per heavy atom. The van der Waals surface area contributed by atoms with E-state index in [1.807, 2.05) is 18.2 Å². The van der Waals surface area contributed by atoms with Crippen LogP contribution in [0, 0.1) is 11.6 Å². The van der Waals surface area contributed by atoms with Gasteiger partial charge in [0, 0.05) is 10.0 Å². The van der Waals surface area contributed by atoms with E-state index in [1.54, 1.807) is 0 Å². The van der Waals surface area contributed by atoms with Crippen molar-refractivity contribution in [2.75, 3.05) is 0 Å². The molecule has 0 bridgehead atoms. The fourth-order valence-electron chi connectivity index (χ4n) is 3.31. The highest BCUT2D eigenvalue weighted by molar-refractivity contribution is 9.10. The minimum absolute atomic E-state index is 0.190. The van der Waals surface area contributed by atoms with E-state index in [9.17, 15) is 18.8 Å². The van der Waals surface area contributed by atoms with Crippen LogP contribution in [-0.2, 0) is 12.8 Å². The van der Waals surface area contributed by atoms with Crippen molar-refractivity contribution in [3.8, 4) is 11.3 Å². The molecule has 2 aromatic carbocycles. The Bertz CT molecular complexity index is 1150. The maximum Gasteiger partial charge on any atom is 0.285 e. The van der Waals surface area contributed by atoms with Gasteiger partial charge in [0.05, 0.1) is 17.6 Å². The van der Waals surface area contributed by atoms with Crippen LogP contribution in [-0.4, -0.2) is 20.8 Å². The molecule has 0 saturated carbocycles. The second-order valence-corrected chi connectivity index (χ2v) is 7.31. The predicted molar refractivity (Wildman–Crippen MR) is 101 cm³/mol. The van der Waals surface area contributed by atoms with Crippen molar-refractivity contribution in [3.05, 3.63) is 81.0 Å². The number of carbonyl (C=O) groups excluding carboxylic acids is 1. The molecule has 3 aromatic rings. The summed E-state index contributed by atoms with van der Waals surface area (Å²) in [5, 5.41) is 10.6. The summed E-state index contributed by atoms with van der Waals surface area (Å²) in [5.74, 6) is -3.16. The van der Waals surface area contributed by atoms with Crippen molar-refractivity contribution in [1.29, 1.82) is 0 Å². The number of aryl methyl sites for hydroxylation is 1. The van der Waals surface area contributed by atoms with Crippen LogP contribution in [0.1, 0.15) is 28.0 Å². The molecule has 142 valence electrons. The Hall–Kier alpha value is -2.87. The zero-order chi connectivity index (χ0) is 19.8. The first-order valence-corrected chi connectivity index (χ1v) is 9.37. The first kappa shape index (κ1) is 18.5. The number of fused-ring (bicyclic) bond motifs is 3. The molecule has 0 radical (unpaired) electrons. The lowest BCUT2D eigenvalue weighted by molar-refractivity contribution is 0.0978. The van der Waals surface area contributed by atoms with Gasteiger partial charge in [0.1, 0.15) is 17.2 Å². The van der Waals surface area contributed by atoms with Gasteiger partial charge < -0.3 is 5.21 Å². The van der Waals surface area contributed by atoms with Crippen molar-refractivity contribution >= 4 is 21.8 Å². The summed E-state index contributed by atoms with van der Waals surface area (Å²) >= 11 is 3.44. The maximum atomic E-state index is 13.8. The average Bonchev–Trinajstić information content (AvgIpc) is 2.83. The van der Waals surface area contributed by atoms with Crippen LogP contribution in [0.4, 0.5) is 8.78 Å². The highest BCUT2D eigenvalue weighted by Crippen LogP contribution is 2.32. The smallest absolute Gasteiger partial charge is 0.285 e. The topological polar surface area (TPSA) is 67.5 Å². The highest BCUT2D eigenvalue weighted by Gasteiger charge is 2.21. The molecule has 1 N–H and O–H groups in total. The van der Waals surface area contributed by atoms with Gasteiger partial charge in [0.25, 0.3) is 5.91 Å². The zero-order valence-corrected chi connectivity index (χ0v) is 16.1. The van der Waals surface area contributed by atoms with Gasteiger partial charge in [-0.15, -0.1) is 0 Å². The standard InChI is InChI=1S/C20H14BrF2N3O2/c21-12-8-7-11-3-1-6-16-19(13(11)9-12)24-10-17(26(16)28)25-20(27)18-14(22)4-2-5-15(18)23/h2,4-5,7-10,28H,1,3,6H2. The largest absolute Gasteiger partial charge is 0.427 e. The van der Waals surface area contributed by atoms with Gasteiger partial charge in [0.2, 0.25) is 0 Å². The molecule has 5 nitrogen and oxygen atoms in total. The third-order valence-corrected chi connectivity index (χ3v) is 5.13. The summed E-state index contributed by atoms with van der Waals surface area (Å²) < 4.78 is 29.3. The number of hydrogen-bond donors (Lipinski definition) is 1. The maximum absolute atomic E-state index is 13.8. The van der Waals surface area contributed by atoms with E-state index in [4.69, 9.17) is 0 Å². The fourth-order valence-corrected chi connectivity index (χ4v) is 3.67. The van der Waals surface area contributed by atoms with Gasteiger partial charge >= 0.3 is 0 Å². The van der Waals surface area contributed by atoms with Gasteiger partial charge in [0.15, 0.2) is 5.49 Å². The third kappa shape index (κ3) is 3.24. The van der Waals surface area contributed by atoms with Crippen LogP contribution >= 0.6 is 15.9 Å². The number of amides is 1. The molecule has 0 aliphatic heterocycles. The van der Waals surface area contributed by atoms with Crippen molar-refractivity contribution in [2.24, 2.45) is 4.99 Å². The number of nitrogens with zero attached hydrogens (tertiary/aromatic N) is 3. The van der Waals surface area contributed by atoms with Gasteiger partial charge in [-0.25, -0.2) is 8.78 Å². The molecule has 8 heteroatoms. The van der Waals surface area contributed by atoms with Crippen LogP contribution in [0.5, 0.6) is 0 Å². The van der Waals surface area contributed by atoms with Crippen LogP contribution in [0.25, 0.3) is 11.3 Å². The molecule has 1 amide bonds. The summed E-state index contributed by atoms with van der Waals surface area (Å²) in [6.07, 6.45) is 3.30. The molecule has 1 aromatic heterocycles. The summed E-state index contributed by atoms with van der Waals surface area (Å²) in [6, 6.07) is 8.98. The van der Waals surface area contributed by atoms with Crippen molar-refractivity contribution < 1.29 is 18.8 Å². The Labute approximate surface area is 167 Å². The lowest BCUT2D eigenvalue weighted by Crippen LogP contribution is -2.25. The number of rotatable bonds is 1. The van der Waals surface area contributed by atoms with Crippen molar-refractivity contribution in [2.45, 2.75) is 19.3 Å². The van der Waals surface area contributed by atoms with Crippen molar-refractivity contribution in [3.63, 3.8) is 0 Å². The SMILES string of the molecule is O=C(N=c1cnc2c(n1O)CCCc1ccc(Br)cc1-2)c1c(F)cccc1F. The summed E-state index contributed by atoms with van der Waals surface area (Å²) in [7, 11) is 0. The molecule has 0 saturated heterocycles. The Morgan fingerprint density at radius 2 is 1.93 bits per heavy atom. The Morgan fingerprint density at radius 1 is 1.18 bits per heavy atom. The first-order valence-electron chi connectivity index (χ1n) is 8.58. The third-order valence-electron chi connectivity index (χ3n) is 4.63. The van der Waals surface area contributed by atoms with Gasteiger partial charge in [-0.2, -0.15) is 9.72 Å². The Balaban J connectivity index is 1.85. The molecule has 1 heterocycles. The monoisotopic (exact) mass is 445 g/mol. The van der Waals surface area contributed by atoms with Crippen LogP contribution in [0.3, 0.4) is 0 Å². The normalized spacial score (nSPS) is 13.6. The zero-order valence-electron chi connectivity index (χ0n) is 14.5. The number of halogens is 3. The number of hydrogen-bond acceptors (Lipinski definition) is 3. The molecular formula is C20H14BrF2N3O2. The highest BCUT2D eigenvalue weighted by atomic mass is 79.9. The van der Waals surface area contributed by atoms with Crippen molar-refractivity contribution in [1.82, 2.24) is 9.71 Å². The molecule has 28 heavy (non-hydrogen) atoms. The van der Waals surface area contributed by atoms with Crippen LogP contribution < -0.4 is 5.49 Å². The molecule has 1 aliphatic carbocycles. The number of benzene rings is 2. The molecule has 0 atom stereocenters. The molecular weight excluding hydrogens is 432 g/mol. The molecule has 0 fully saturated rings. The summed E-state index contributed by atoms with van der Waals surface area (Å²) in [6.45, 7) is 0. The van der Waals surface area contributed by atoms with E-state index >= 15 is 0 Å². The second kappa shape index (κ2) is 7.27. The van der Waals surface area contributed by atoms with E-state index in [1.165, 1.54) is 6.20 Å². The quantitative estimate of drug-likeness (QED) is 0.574. The van der Waals surface area contributed by atoms with Gasteiger partial charge in [-0.1, -0.05) is 28.1 Å². The van der Waals surface area contributed by atoms with E-state index in [0.29, 0.717) is 17.8 Å². The lowest BCUT2D eigenvalue weighted by Gasteiger charge is -2.11. The second-order valence-electron chi connectivity index (χ2n) is 6.39. The van der Waals surface area contributed by atoms with E-state index in [2.05, 4.69) is 25.9 Å². The van der Waals surface area contributed by atoms with E-state index in [-0.39, 0.29) is 5.49 Å². The van der Waals surface area contributed by atoms with E-state index in [0.717, 1.165) is 51.4 Å². The summed E-state index contributed by atoms with van der Waals surface area (Å²) in [5.41, 5.74) is 2.09. The number of carbonyl (C=O) groups is 1. The molecule has 4 rings (SSSR count). The van der Waals surface area contributed by atoms with Crippen LogP contribution in [0.2, 0.25) is 0 Å².